The van der Waals surface area contributed by atoms with Gasteiger partial charge in [-0.15, -0.1) is 0 Å². The summed E-state index contributed by atoms with van der Waals surface area (Å²) in [6.07, 6.45) is 0.745. The molecule has 2 aliphatic rings. The summed E-state index contributed by atoms with van der Waals surface area (Å²) < 4.78 is 10.6. The molecule has 1 N–H and O–H groups in total. The monoisotopic (exact) mass is 419 g/mol. The number of esters is 1. The third-order valence-corrected chi connectivity index (χ3v) is 6.00. The Morgan fingerprint density at radius 1 is 1.10 bits per heavy atom. The van der Waals surface area contributed by atoms with E-state index in [4.69, 9.17) is 9.15 Å². The van der Waals surface area contributed by atoms with E-state index in [0.717, 1.165) is 36.3 Å². The highest BCUT2D eigenvalue weighted by Gasteiger charge is 2.31. The van der Waals surface area contributed by atoms with E-state index in [1.807, 2.05) is 41.3 Å². The summed E-state index contributed by atoms with van der Waals surface area (Å²) in [7, 11) is 0. The first-order chi connectivity index (χ1) is 15.1. The molecule has 1 unspecified atom stereocenters. The van der Waals surface area contributed by atoms with Crippen molar-refractivity contribution in [1.82, 2.24) is 4.90 Å². The Bertz CT molecular complexity index is 1110. The Hall–Kier alpha value is -3.48. The number of amides is 1. The zero-order chi connectivity index (χ0) is 21.4. The zero-order valence-electron chi connectivity index (χ0n) is 17.5. The summed E-state index contributed by atoms with van der Waals surface area (Å²) in [4.78, 5) is 29.1. The smallest absolute Gasteiger partial charge is 0.374 e. The molecule has 1 fully saturated rings. The Kier molecular flexibility index (Phi) is 5.02. The van der Waals surface area contributed by atoms with Gasteiger partial charge < -0.3 is 24.3 Å². The van der Waals surface area contributed by atoms with Gasteiger partial charge in [0.1, 0.15) is 11.6 Å². The molecule has 0 spiro atoms. The number of piperazine rings is 1. The van der Waals surface area contributed by atoms with Gasteiger partial charge >= 0.3 is 5.97 Å². The predicted molar refractivity (Wildman–Crippen MR) is 119 cm³/mol. The van der Waals surface area contributed by atoms with Gasteiger partial charge in [-0.2, -0.15) is 0 Å². The van der Waals surface area contributed by atoms with E-state index in [0.29, 0.717) is 25.3 Å². The van der Waals surface area contributed by atoms with E-state index < -0.39 is 5.97 Å². The van der Waals surface area contributed by atoms with E-state index in [1.54, 1.807) is 13.0 Å². The average Bonchev–Trinajstić information content (AvgIpc) is 3.42. The molecule has 160 valence electrons. The van der Waals surface area contributed by atoms with Gasteiger partial charge in [-0.3, -0.25) is 4.79 Å². The number of hydrogen-bond donors (Lipinski definition) is 1. The third-order valence-electron chi connectivity index (χ3n) is 6.00. The molecule has 2 aromatic carbocycles. The van der Waals surface area contributed by atoms with Crippen molar-refractivity contribution in [3.63, 3.8) is 0 Å². The Labute approximate surface area is 180 Å². The maximum Gasteiger partial charge on any atom is 0.374 e. The molecule has 0 bridgehead atoms. The van der Waals surface area contributed by atoms with E-state index >= 15 is 0 Å². The SMILES string of the molecule is CCOC(=O)c1cc2cc(N3CCN(C(=O)C4Cc5ccccc5N4)CC3)ccc2o1. The number of nitrogens with one attached hydrogen (secondary N) is 1. The van der Waals surface area contributed by atoms with Crippen LogP contribution in [-0.2, 0) is 16.0 Å². The number of carbonyl (C=O) groups is 2. The van der Waals surface area contributed by atoms with Gasteiger partial charge in [-0.1, -0.05) is 18.2 Å². The van der Waals surface area contributed by atoms with Crippen molar-refractivity contribution in [1.29, 1.82) is 0 Å². The van der Waals surface area contributed by atoms with Crippen LogP contribution in [0.3, 0.4) is 0 Å². The van der Waals surface area contributed by atoms with Gasteiger partial charge in [0.2, 0.25) is 11.7 Å². The van der Waals surface area contributed by atoms with Crippen molar-refractivity contribution in [3.8, 4) is 0 Å². The van der Waals surface area contributed by atoms with E-state index in [9.17, 15) is 9.59 Å². The van der Waals surface area contributed by atoms with Crippen molar-refractivity contribution in [2.45, 2.75) is 19.4 Å². The molecule has 1 saturated heterocycles. The molecular weight excluding hydrogens is 394 g/mol. The fourth-order valence-corrected chi connectivity index (χ4v) is 4.38. The lowest BCUT2D eigenvalue weighted by Crippen LogP contribution is -2.52. The molecule has 5 rings (SSSR count). The Balaban J connectivity index is 1.23. The maximum atomic E-state index is 13.0. The molecule has 2 aliphatic heterocycles. The minimum absolute atomic E-state index is 0.167. The number of nitrogens with zero attached hydrogens (tertiary/aromatic N) is 2. The number of fused-ring (bicyclic) bond motifs is 2. The van der Waals surface area contributed by atoms with Gasteiger partial charge in [0.05, 0.1) is 6.61 Å². The zero-order valence-corrected chi connectivity index (χ0v) is 17.5. The molecule has 1 amide bonds. The Morgan fingerprint density at radius 3 is 2.68 bits per heavy atom. The molecule has 0 saturated carbocycles. The summed E-state index contributed by atoms with van der Waals surface area (Å²) in [6, 6.07) is 15.6. The quantitative estimate of drug-likeness (QED) is 0.654. The first-order valence-electron chi connectivity index (χ1n) is 10.7. The van der Waals surface area contributed by atoms with Gasteiger partial charge in [0.15, 0.2) is 0 Å². The van der Waals surface area contributed by atoms with Gasteiger partial charge in [-0.25, -0.2) is 4.79 Å². The van der Waals surface area contributed by atoms with Gasteiger partial charge in [0, 0.05) is 49.4 Å². The minimum atomic E-state index is -0.449. The summed E-state index contributed by atoms with van der Waals surface area (Å²) >= 11 is 0. The molecule has 3 aromatic rings. The largest absolute Gasteiger partial charge is 0.460 e. The number of carbonyl (C=O) groups excluding carboxylic acids is 2. The summed E-state index contributed by atoms with van der Waals surface area (Å²) in [5.74, 6) is -0.0651. The number of ether oxygens (including phenoxy) is 1. The number of furan rings is 1. The molecular formula is C24H25N3O4. The fraction of sp³-hybridized carbons (Fsp3) is 0.333. The molecule has 7 nitrogen and oxygen atoms in total. The van der Waals surface area contributed by atoms with Crippen LogP contribution >= 0.6 is 0 Å². The molecule has 0 radical (unpaired) electrons. The second-order valence-corrected chi connectivity index (χ2v) is 7.92. The summed E-state index contributed by atoms with van der Waals surface area (Å²) in [5, 5.41) is 4.23. The van der Waals surface area contributed by atoms with Crippen LogP contribution < -0.4 is 10.2 Å². The van der Waals surface area contributed by atoms with Gasteiger partial charge in [0.25, 0.3) is 0 Å². The van der Waals surface area contributed by atoms with Crippen LogP contribution in [0.2, 0.25) is 0 Å². The predicted octanol–water partition coefficient (Wildman–Crippen LogP) is 3.29. The van der Waals surface area contributed by atoms with Crippen LogP contribution in [0, 0.1) is 0 Å². The topological polar surface area (TPSA) is 75.0 Å². The molecule has 1 aromatic heterocycles. The lowest BCUT2D eigenvalue weighted by atomic mass is 10.1. The number of rotatable bonds is 4. The molecule has 0 aliphatic carbocycles. The first kappa shape index (κ1) is 19.5. The number of anilines is 2. The second kappa shape index (κ2) is 7.98. The van der Waals surface area contributed by atoms with E-state index in [1.165, 1.54) is 5.56 Å². The first-order valence-corrected chi connectivity index (χ1v) is 10.7. The maximum absolute atomic E-state index is 13.0. The highest BCUT2D eigenvalue weighted by molar-refractivity contribution is 5.93. The normalized spacial score (nSPS) is 18.0. The van der Waals surface area contributed by atoms with E-state index in [-0.39, 0.29) is 17.7 Å². The Morgan fingerprint density at radius 2 is 1.90 bits per heavy atom. The number of para-hydroxylation sites is 1. The van der Waals surface area contributed by atoms with Crippen molar-refractivity contribution < 1.29 is 18.7 Å². The van der Waals surface area contributed by atoms with Gasteiger partial charge in [-0.05, 0) is 42.8 Å². The molecule has 31 heavy (non-hydrogen) atoms. The lowest BCUT2D eigenvalue weighted by molar-refractivity contribution is -0.132. The van der Waals surface area contributed by atoms with Crippen molar-refractivity contribution >= 4 is 34.2 Å². The molecule has 7 heteroatoms. The van der Waals surface area contributed by atoms with Crippen LogP contribution in [-0.4, -0.2) is 55.6 Å². The highest BCUT2D eigenvalue weighted by Crippen LogP contribution is 2.28. The number of hydrogen-bond acceptors (Lipinski definition) is 6. The molecule has 3 heterocycles. The van der Waals surface area contributed by atoms with Crippen LogP contribution in [0.5, 0.6) is 0 Å². The summed E-state index contributed by atoms with van der Waals surface area (Å²) in [5.41, 5.74) is 3.99. The number of benzene rings is 2. The third kappa shape index (κ3) is 3.71. The highest BCUT2D eigenvalue weighted by atomic mass is 16.5. The fourth-order valence-electron chi connectivity index (χ4n) is 4.38. The van der Waals surface area contributed by atoms with Crippen molar-refractivity contribution in [2.24, 2.45) is 0 Å². The van der Waals surface area contributed by atoms with Crippen LogP contribution in [0.15, 0.2) is 52.9 Å². The van der Waals surface area contributed by atoms with Crippen molar-refractivity contribution in [3.05, 3.63) is 59.9 Å². The average molecular weight is 419 g/mol. The van der Waals surface area contributed by atoms with Crippen LogP contribution in [0.4, 0.5) is 11.4 Å². The summed E-state index contributed by atoms with van der Waals surface area (Å²) in [6.45, 7) is 4.98. The standard InChI is InChI=1S/C24H25N3O4/c1-2-30-24(29)22-15-17-13-18(7-8-21(17)31-22)26-9-11-27(12-10-26)23(28)20-14-16-5-3-4-6-19(16)25-20/h3-8,13,15,20,25H,2,9-12,14H2,1H3. The van der Waals surface area contributed by atoms with Crippen LogP contribution in [0.25, 0.3) is 11.0 Å². The second-order valence-electron chi connectivity index (χ2n) is 7.92. The van der Waals surface area contributed by atoms with Crippen LogP contribution in [0.1, 0.15) is 23.0 Å². The van der Waals surface area contributed by atoms with Crippen molar-refractivity contribution in [2.75, 3.05) is 43.0 Å². The minimum Gasteiger partial charge on any atom is -0.460 e. The van der Waals surface area contributed by atoms with E-state index in [2.05, 4.69) is 16.3 Å². The molecule has 1 atom stereocenters. The lowest BCUT2D eigenvalue weighted by Gasteiger charge is -2.37.